The van der Waals surface area contributed by atoms with Gasteiger partial charge in [-0.3, -0.25) is 9.48 Å². The Kier molecular flexibility index (Phi) is 6.10. The summed E-state index contributed by atoms with van der Waals surface area (Å²) in [5, 5.41) is 6.93. The Morgan fingerprint density at radius 2 is 2.00 bits per heavy atom. The van der Waals surface area contributed by atoms with Crippen LogP contribution in [-0.2, 0) is 16.6 Å². The van der Waals surface area contributed by atoms with Crippen molar-refractivity contribution >= 4 is 15.9 Å². The first kappa shape index (κ1) is 18.2. The number of nitrogens with zero attached hydrogens (tertiary/aromatic N) is 3. The van der Waals surface area contributed by atoms with E-state index in [0.29, 0.717) is 31.6 Å². The zero-order valence-corrected chi connectivity index (χ0v) is 14.7. The summed E-state index contributed by atoms with van der Waals surface area (Å²) >= 11 is 0. The van der Waals surface area contributed by atoms with E-state index < -0.39 is 10.0 Å². The molecule has 0 fully saturated rings. The molecule has 0 unspecified atom stereocenters. The lowest BCUT2D eigenvalue weighted by Crippen LogP contribution is -2.30. The summed E-state index contributed by atoms with van der Waals surface area (Å²) in [5.41, 5.74) is 1.64. The lowest BCUT2D eigenvalue weighted by molar-refractivity contribution is 0.0953. The van der Waals surface area contributed by atoms with Crippen molar-refractivity contribution in [2.45, 2.75) is 13.0 Å². The van der Waals surface area contributed by atoms with Crippen molar-refractivity contribution in [3.63, 3.8) is 0 Å². The molecule has 0 bridgehead atoms. The van der Waals surface area contributed by atoms with Gasteiger partial charge >= 0.3 is 0 Å². The number of nitrogens with one attached hydrogen (secondary N) is 1. The van der Waals surface area contributed by atoms with Gasteiger partial charge in [0.1, 0.15) is 0 Å². The summed E-state index contributed by atoms with van der Waals surface area (Å²) < 4.78 is 25.6. The summed E-state index contributed by atoms with van der Waals surface area (Å²) in [6.45, 7) is 1.46. The molecule has 8 heteroatoms. The first-order valence-electron chi connectivity index (χ1n) is 7.62. The number of rotatable bonds is 8. The summed E-state index contributed by atoms with van der Waals surface area (Å²) in [6.07, 6.45) is 5.33. The number of carbonyl (C=O) groups excluding carboxylic acids is 1. The van der Waals surface area contributed by atoms with Crippen molar-refractivity contribution in [1.29, 1.82) is 0 Å². The molecule has 130 valence electrons. The molecule has 0 radical (unpaired) electrons. The molecule has 7 nitrogen and oxygen atoms in total. The maximum atomic E-state index is 12.1. The van der Waals surface area contributed by atoms with E-state index in [9.17, 15) is 13.2 Å². The minimum absolute atomic E-state index is 0.164. The van der Waals surface area contributed by atoms with Crippen LogP contribution < -0.4 is 5.32 Å². The second-order valence-corrected chi connectivity index (χ2v) is 7.68. The summed E-state index contributed by atoms with van der Waals surface area (Å²) in [7, 11) is -1.65. The molecule has 0 saturated heterocycles. The van der Waals surface area contributed by atoms with Crippen molar-refractivity contribution in [2.75, 3.05) is 26.4 Å². The van der Waals surface area contributed by atoms with E-state index in [4.69, 9.17) is 0 Å². The summed E-state index contributed by atoms with van der Waals surface area (Å²) in [5.74, 6) is -0.164. The van der Waals surface area contributed by atoms with Crippen LogP contribution in [0.25, 0.3) is 0 Å². The van der Waals surface area contributed by atoms with Crippen LogP contribution in [-0.4, -0.2) is 54.8 Å². The second kappa shape index (κ2) is 8.07. The maximum absolute atomic E-state index is 12.1. The Bertz CT molecular complexity index is 755. The summed E-state index contributed by atoms with van der Waals surface area (Å²) in [4.78, 5) is 12.1. The molecule has 1 aromatic carbocycles. The molecule has 0 aliphatic carbocycles. The molecule has 0 atom stereocenters. The van der Waals surface area contributed by atoms with Crippen molar-refractivity contribution in [2.24, 2.45) is 0 Å². The normalized spacial score (nSPS) is 11.6. The van der Waals surface area contributed by atoms with Gasteiger partial charge in [-0.15, -0.1) is 0 Å². The van der Waals surface area contributed by atoms with E-state index >= 15 is 0 Å². The fraction of sp³-hybridized carbons (Fsp3) is 0.375. The largest absolute Gasteiger partial charge is 0.352 e. The highest BCUT2D eigenvalue weighted by Gasteiger charge is 2.10. The van der Waals surface area contributed by atoms with Gasteiger partial charge in [0.2, 0.25) is 10.0 Å². The van der Waals surface area contributed by atoms with E-state index in [1.807, 2.05) is 29.1 Å². The Hall–Kier alpha value is -2.19. The molecule has 2 aromatic rings. The van der Waals surface area contributed by atoms with Crippen LogP contribution in [0.3, 0.4) is 0 Å². The number of sulfonamides is 1. The molecule has 0 aliphatic rings. The lowest BCUT2D eigenvalue weighted by atomic mass is 10.1. The van der Waals surface area contributed by atoms with Crippen LogP contribution in [0.5, 0.6) is 0 Å². The minimum atomic E-state index is -3.17. The Balaban J connectivity index is 1.78. The molecule has 24 heavy (non-hydrogen) atoms. The molecule has 1 amide bonds. The third kappa shape index (κ3) is 5.47. The van der Waals surface area contributed by atoms with Crippen LogP contribution in [0.2, 0.25) is 0 Å². The third-order valence-corrected chi connectivity index (χ3v) is 4.94. The Morgan fingerprint density at radius 1 is 1.29 bits per heavy atom. The highest BCUT2D eigenvalue weighted by atomic mass is 32.2. The van der Waals surface area contributed by atoms with Crippen molar-refractivity contribution in [3.05, 3.63) is 53.9 Å². The molecular weight excluding hydrogens is 328 g/mol. The number of hydrogen-bond donors (Lipinski definition) is 1. The number of carbonyl (C=O) groups is 1. The van der Waals surface area contributed by atoms with Gasteiger partial charge in [0.15, 0.2) is 0 Å². The first-order valence-corrected chi connectivity index (χ1v) is 9.47. The SMILES string of the molecule is CN(CCCNC(=O)c1ccc(Cn2cccn2)cc1)S(C)(=O)=O. The van der Waals surface area contributed by atoms with E-state index in [-0.39, 0.29) is 5.91 Å². The molecule has 1 N–H and O–H groups in total. The third-order valence-electron chi connectivity index (χ3n) is 3.62. The quantitative estimate of drug-likeness (QED) is 0.718. The van der Waals surface area contributed by atoms with E-state index in [1.54, 1.807) is 18.3 Å². The van der Waals surface area contributed by atoms with Crippen LogP contribution in [0.4, 0.5) is 0 Å². The summed E-state index contributed by atoms with van der Waals surface area (Å²) in [6, 6.07) is 9.21. The van der Waals surface area contributed by atoms with Gasteiger partial charge in [-0.25, -0.2) is 12.7 Å². The van der Waals surface area contributed by atoms with E-state index in [1.165, 1.54) is 11.4 Å². The van der Waals surface area contributed by atoms with Gasteiger partial charge in [-0.1, -0.05) is 12.1 Å². The molecular formula is C16H22N4O3S. The van der Waals surface area contributed by atoms with E-state index in [0.717, 1.165) is 11.8 Å². The zero-order chi connectivity index (χ0) is 17.6. The Morgan fingerprint density at radius 3 is 2.58 bits per heavy atom. The van der Waals surface area contributed by atoms with Crippen molar-refractivity contribution < 1.29 is 13.2 Å². The van der Waals surface area contributed by atoms with Gasteiger partial charge in [0, 0.05) is 38.1 Å². The van der Waals surface area contributed by atoms with Crippen molar-refractivity contribution in [3.8, 4) is 0 Å². The number of hydrogen-bond acceptors (Lipinski definition) is 4. The molecule has 0 saturated carbocycles. The van der Waals surface area contributed by atoms with E-state index in [2.05, 4.69) is 10.4 Å². The van der Waals surface area contributed by atoms with Crippen LogP contribution in [0, 0.1) is 0 Å². The number of amides is 1. The maximum Gasteiger partial charge on any atom is 0.251 e. The van der Waals surface area contributed by atoms with Gasteiger partial charge in [0.25, 0.3) is 5.91 Å². The molecule has 2 rings (SSSR count). The minimum Gasteiger partial charge on any atom is -0.352 e. The van der Waals surface area contributed by atoms with Crippen molar-refractivity contribution in [1.82, 2.24) is 19.4 Å². The predicted molar refractivity (Wildman–Crippen MR) is 92.2 cm³/mol. The van der Waals surface area contributed by atoms with Gasteiger partial charge in [-0.2, -0.15) is 5.10 Å². The zero-order valence-electron chi connectivity index (χ0n) is 13.8. The second-order valence-electron chi connectivity index (χ2n) is 5.59. The average molecular weight is 350 g/mol. The predicted octanol–water partition coefficient (Wildman–Crippen LogP) is 0.943. The average Bonchev–Trinajstić information content (AvgIpc) is 3.04. The lowest BCUT2D eigenvalue weighted by Gasteiger charge is -2.13. The highest BCUT2D eigenvalue weighted by molar-refractivity contribution is 7.88. The van der Waals surface area contributed by atoms with Crippen LogP contribution in [0.15, 0.2) is 42.7 Å². The van der Waals surface area contributed by atoms with Gasteiger partial charge in [0.05, 0.1) is 12.8 Å². The topological polar surface area (TPSA) is 84.3 Å². The molecule has 0 aliphatic heterocycles. The highest BCUT2D eigenvalue weighted by Crippen LogP contribution is 2.06. The first-order chi connectivity index (χ1) is 11.4. The fourth-order valence-corrected chi connectivity index (χ4v) is 2.57. The van der Waals surface area contributed by atoms with Crippen LogP contribution in [0.1, 0.15) is 22.3 Å². The molecule has 1 heterocycles. The Labute approximate surface area is 142 Å². The van der Waals surface area contributed by atoms with Gasteiger partial charge in [-0.05, 0) is 30.2 Å². The smallest absolute Gasteiger partial charge is 0.251 e. The molecule has 1 aromatic heterocycles. The molecule has 0 spiro atoms. The number of benzene rings is 1. The monoisotopic (exact) mass is 350 g/mol. The standard InChI is InChI=1S/C16H22N4O3S/c1-19(24(2,22)23)11-3-9-17-16(21)15-7-5-14(6-8-15)13-20-12-4-10-18-20/h4-8,10,12H,3,9,11,13H2,1-2H3,(H,17,21). The number of aromatic nitrogens is 2. The van der Waals surface area contributed by atoms with Gasteiger partial charge < -0.3 is 5.32 Å². The fourth-order valence-electron chi connectivity index (χ4n) is 2.11. The van der Waals surface area contributed by atoms with Crippen LogP contribution >= 0.6 is 0 Å².